The number of nitrogens with one attached hydrogen (secondary N) is 2. The molecule has 1 amide bonds. The van der Waals surface area contributed by atoms with Crippen molar-refractivity contribution in [1.82, 2.24) is 10.3 Å². The lowest BCUT2D eigenvalue weighted by Crippen LogP contribution is -2.27. The van der Waals surface area contributed by atoms with E-state index in [2.05, 4.69) is 10.3 Å². The molecule has 0 saturated carbocycles. The Labute approximate surface area is 144 Å². The SMILES string of the molecule is CC(C)Oc1cccc([C@@H](O)CNC(=O)c2cc3[nH]ccc3s2)c1. The van der Waals surface area contributed by atoms with Crippen LogP contribution in [-0.2, 0) is 0 Å². The molecular formula is C18H20N2O3S. The Morgan fingerprint density at radius 3 is 2.92 bits per heavy atom. The molecule has 126 valence electrons. The number of aliphatic hydroxyl groups is 1. The molecule has 0 bridgehead atoms. The van der Waals surface area contributed by atoms with Gasteiger partial charge in [-0.1, -0.05) is 12.1 Å². The minimum absolute atomic E-state index is 0.0699. The maximum atomic E-state index is 12.2. The van der Waals surface area contributed by atoms with Gasteiger partial charge in [0, 0.05) is 12.7 Å². The first-order valence-corrected chi connectivity index (χ1v) is 8.64. The summed E-state index contributed by atoms with van der Waals surface area (Å²) in [7, 11) is 0. The van der Waals surface area contributed by atoms with Gasteiger partial charge >= 0.3 is 0 Å². The fourth-order valence-electron chi connectivity index (χ4n) is 2.42. The Kier molecular flexibility index (Phi) is 4.87. The van der Waals surface area contributed by atoms with Crippen LogP contribution in [0.1, 0.15) is 35.2 Å². The summed E-state index contributed by atoms with van der Waals surface area (Å²) < 4.78 is 6.67. The topological polar surface area (TPSA) is 74.3 Å². The fraction of sp³-hybridized carbons (Fsp3) is 0.278. The number of carbonyl (C=O) groups is 1. The second-order valence-corrected chi connectivity index (χ2v) is 6.91. The highest BCUT2D eigenvalue weighted by Gasteiger charge is 2.14. The lowest BCUT2D eigenvalue weighted by molar-refractivity contribution is 0.0920. The Morgan fingerprint density at radius 1 is 1.33 bits per heavy atom. The van der Waals surface area contributed by atoms with Crippen molar-refractivity contribution in [3.05, 3.63) is 53.0 Å². The highest BCUT2D eigenvalue weighted by molar-refractivity contribution is 7.20. The van der Waals surface area contributed by atoms with Crippen LogP contribution in [0.2, 0.25) is 0 Å². The van der Waals surface area contributed by atoms with Crippen LogP contribution in [0.15, 0.2) is 42.6 Å². The molecule has 3 rings (SSSR count). The minimum Gasteiger partial charge on any atom is -0.491 e. The monoisotopic (exact) mass is 344 g/mol. The van der Waals surface area contributed by atoms with Crippen LogP contribution in [0, 0.1) is 0 Å². The van der Waals surface area contributed by atoms with Crippen LogP contribution >= 0.6 is 11.3 Å². The summed E-state index contributed by atoms with van der Waals surface area (Å²) in [5.41, 5.74) is 1.66. The number of rotatable bonds is 6. The molecule has 24 heavy (non-hydrogen) atoms. The number of aromatic nitrogens is 1. The van der Waals surface area contributed by atoms with Gasteiger partial charge in [0.2, 0.25) is 0 Å². The molecule has 3 N–H and O–H groups in total. The van der Waals surface area contributed by atoms with Crippen molar-refractivity contribution in [2.45, 2.75) is 26.1 Å². The van der Waals surface area contributed by atoms with E-state index in [0.717, 1.165) is 10.2 Å². The molecule has 0 spiro atoms. The Morgan fingerprint density at radius 2 is 2.17 bits per heavy atom. The third-order valence-corrected chi connectivity index (χ3v) is 4.63. The molecule has 5 nitrogen and oxygen atoms in total. The van der Waals surface area contributed by atoms with Crippen molar-refractivity contribution in [1.29, 1.82) is 0 Å². The fourth-order valence-corrected chi connectivity index (χ4v) is 3.36. The van der Waals surface area contributed by atoms with Crippen molar-refractivity contribution < 1.29 is 14.6 Å². The van der Waals surface area contributed by atoms with Gasteiger partial charge in [-0.3, -0.25) is 4.79 Å². The molecule has 0 saturated heterocycles. The van der Waals surface area contributed by atoms with E-state index in [0.29, 0.717) is 16.2 Å². The third kappa shape index (κ3) is 3.77. The number of amides is 1. The quantitative estimate of drug-likeness (QED) is 0.641. The van der Waals surface area contributed by atoms with Gasteiger partial charge in [-0.2, -0.15) is 0 Å². The molecule has 0 aliphatic rings. The second kappa shape index (κ2) is 7.07. The van der Waals surface area contributed by atoms with Crippen molar-refractivity contribution in [2.24, 2.45) is 0 Å². The van der Waals surface area contributed by atoms with Crippen LogP contribution in [0.4, 0.5) is 0 Å². The van der Waals surface area contributed by atoms with Gasteiger partial charge in [0.1, 0.15) is 5.75 Å². The number of aliphatic hydroxyl groups excluding tert-OH is 1. The van der Waals surface area contributed by atoms with Gasteiger partial charge in [-0.05, 0) is 43.7 Å². The number of fused-ring (bicyclic) bond motifs is 1. The van der Waals surface area contributed by atoms with E-state index in [1.807, 2.05) is 50.4 Å². The maximum absolute atomic E-state index is 12.2. The molecule has 2 aromatic heterocycles. The predicted molar refractivity (Wildman–Crippen MR) is 95.7 cm³/mol. The molecule has 0 unspecified atom stereocenters. The number of H-pyrrole nitrogens is 1. The van der Waals surface area contributed by atoms with E-state index >= 15 is 0 Å². The largest absolute Gasteiger partial charge is 0.491 e. The van der Waals surface area contributed by atoms with Crippen LogP contribution in [-0.4, -0.2) is 28.6 Å². The van der Waals surface area contributed by atoms with E-state index < -0.39 is 6.10 Å². The Hall–Kier alpha value is -2.31. The summed E-state index contributed by atoms with van der Waals surface area (Å²) in [6.45, 7) is 4.05. The molecule has 3 aromatic rings. The zero-order chi connectivity index (χ0) is 17.1. The molecule has 2 heterocycles. The molecule has 0 radical (unpaired) electrons. The molecule has 6 heteroatoms. The average molecular weight is 344 g/mol. The van der Waals surface area contributed by atoms with Crippen molar-refractivity contribution in [3.63, 3.8) is 0 Å². The van der Waals surface area contributed by atoms with E-state index in [4.69, 9.17) is 4.74 Å². The lowest BCUT2D eigenvalue weighted by Gasteiger charge is -2.15. The zero-order valence-corrected chi connectivity index (χ0v) is 14.4. The van der Waals surface area contributed by atoms with Gasteiger partial charge in [0.05, 0.1) is 27.3 Å². The average Bonchev–Trinajstić information content (AvgIpc) is 3.13. The molecule has 1 atom stereocenters. The first-order chi connectivity index (χ1) is 11.5. The van der Waals surface area contributed by atoms with Gasteiger partial charge < -0.3 is 20.1 Å². The van der Waals surface area contributed by atoms with Crippen molar-refractivity contribution >= 4 is 27.5 Å². The lowest BCUT2D eigenvalue weighted by atomic mass is 10.1. The van der Waals surface area contributed by atoms with Gasteiger partial charge in [0.25, 0.3) is 5.91 Å². The van der Waals surface area contributed by atoms with Crippen LogP contribution < -0.4 is 10.1 Å². The molecule has 0 aliphatic carbocycles. The predicted octanol–water partition coefficient (Wildman–Crippen LogP) is 3.48. The summed E-state index contributed by atoms with van der Waals surface area (Å²) >= 11 is 1.42. The number of aromatic amines is 1. The smallest absolute Gasteiger partial charge is 0.261 e. The summed E-state index contributed by atoms with van der Waals surface area (Å²) in [6.07, 6.45) is 1.13. The van der Waals surface area contributed by atoms with E-state index in [-0.39, 0.29) is 18.6 Å². The summed E-state index contributed by atoms with van der Waals surface area (Å²) in [6, 6.07) is 11.1. The van der Waals surface area contributed by atoms with E-state index in [1.165, 1.54) is 11.3 Å². The first-order valence-electron chi connectivity index (χ1n) is 7.82. The Bertz CT molecular complexity index is 809. The maximum Gasteiger partial charge on any atom is 0.261 e. The summed E-state index contributed by atoms with van der Waals surface area (Å²) in [4.78, 5) is 15.9. The highest BCUT2D eigenvalue weighted by atomic mass is 32.1. The number of hydrogen-bond acceptors (Lipinski definition) is 4. The van der Waals surface area contributed by atoms with E-state index in [9.17, 15) is 9.90 Å². The number of thiophene rings is 1. The molecule has 0 fully saturated rings. The number of hydrogen-bond donors (Lipinski definition) is 3. The number of carbonyl (C=O) groups excluding carboxylic acids is 1. The normalized spacial score (nSPS) is 12.5. The van der Waals surface area contributed by atoms with Gasteiger partial charge in [-0.25, -0.2) is 0 Å². The standard InChI is InChI=1S/C18H20N2O3S/c1-11(2)23-13-5-3-4-12(8-13)15(21)10-20-18(22)17-9-14-16(24-17)6-7-19-14/h3-9,11,15,19,21H,10H2,1-2H3,(H,20,22)/t15-/m0/s1. The number of benzene rings is 1. The number of ether oxygens (including phenoxy) is 1. The van der Waals surface area contributed by atoms with Crippen molar-refractivity contribution in [3.8, 4) is 5.75 Å². The zero-order valence-electron chi connectivity index (χ0n) is 13.6. The van der Waals surface area contributed by atoms with Crippen molar-refractivity contribution in [2.75, 3.05) is 6.54 Å². The van der Waals surface area contributed by atoms with Crippen LogP contribution in [0.3, 0.4) is 0 Å². The molecule has 0 aliphatic heterocycles. The third-order valence-electron chi connectivity index (χ3n) is 3.53. The second-order valence-electron chi connectivity index (χ2n) is 5.83. The van der Waals surface area contributed by atoms with Crippen LogP contribution in [0.25, 0.3) is 10.2 Å². The highest BCUT2D eigenvalue weighted by Crippen LogP contribution is 2.24. The molecular weight excluding hydrogens is 324 g/mol. The minimum atomic E-state index is -0.783. The van der Waals surface area contributed by atoms with E-state index in [1.54, 1.807) is 6.07 Å². The molecule has 1 aromatic carbocycles. The Balaban J connectivity index is 1.61. The summed E-state index contributed by atoms with van der Waals surface area (Å²) in [5, 5.41) is 13.1. The summed E-state index contributed by atoms with van der Waals surface area (Å²) in [5.74, 6) is 0.527. The van der Waals surface area contributed by atoms with Crippen LogP contribution in [0.5, 0.6) is 5.75 Å². The van der Waals surface area contributed by atoms with Gasteiger partial charge in [0.15, 0.2) is 0 Å². The first kappa shape index (κ1) is 16.5. The van der Waals surface area contributed by atoms with Gasteiger partial charge in [-0.15, -0.1) is 11.3 Å².